The maximum absolute atomic E-state index is 10.8. The predicted octanol–water partition coefficient (Wildman–Crippen LogP) is 2.57. The van der Waals surface area contributed by atoms with Gasteiger partial charge in [0.1, 0.15) is 0 Å². The molecule has 58 valence electrons. The molecule has 0 saturated heterocycles. The second-order valence-corrected chi connectivity index (χ2v) is 3.75. The molecular weight excluding hydrogens is 124 g/mol. The molecule has 0 atom stereocenters. The van der Waals surface area contributed by atoms with Gasteiger partial charge in [-0.25, -0.2) is 0 Å². The number of ketones is 1. The molecule has 0 fully saturated rings. The Balaban J connectivity index is 4.32. The van der Waals surface area contributed by atoms with Gasteiger partial charge in [0, 0.05) is 0 Å². The van der Waals surface area contributed by atoms with Gasteiger partial charge >= 0.3 is 0 Å². The van der Waals surface area contributed by atoms with Crippen LogP contribution in [0.25, 0.3) is 0 Å². The molecule has 0 aromatic heterocycles. The second kappa shape index (κ2) is 3.00. The highest BCUT2D eigenvalue weighted by atomic mass is 16.1. The molecule has 0 unspecified atom stereocenters. The quantitative estimate of drug-likeness (QED) is 0.511. The summed E-state index contributed by atoms with van der Waals surface area (Å²) in [6.07, 6.45) is 2.00. The van der Waals surface area contributed by atoms with E-state index in [4.69, 9.17) is 0 Å². The highest BCUT2D eigenvalue weighted by Crippen LogP contribution is 2.17. The standard InChI is InChI=1S/C9H16O/c1-7(8(2)10)6-9(3,4)5/h6H,1-5H3/b7-6+. The number of hydrogen-bond donors (Lipinski definition) is 0. The molecule has 0 aliphatic heterocycles. The number of carbonyl (C=O) groups is 1. The van der Waals surface area contributed by atoms with E-state index in [2.05, 4.69) is 20.8 Å². The van der Waals surface area contributed by atoms with Crippen LogP contribution in [0.3, 0.4) is 0 Å². The molecule has 0 amide bonds. The average molecular weight is 140 g/mol. The summed E-state index contributed by atoms with van der Waals surface area (Å²) in [5.74, 6) is 0.162. The van der Waals surface area contributed by atoms with E-state index in [1.165, 1.54) is 0 Å². The van der Waals surface area contributed by atoms with E-state index in [-0.39, 0.29) is 11.2 Å². The Morgan fingerprint density at radius 3 is 1.70 bits per heavy atom. The maximum atomic E-state index is 10.8. The third-order valence-corrected chi connectivity index (χ3v) is 1.20. The summed E-state index contributed by atoms with van der Waals surface area (Å²) in [4.78, 5) is 10.8. The van der Waals surface area contributed by atoms with Crippen molar-refractivity contribution in [2.45, 2.75) is 34.6 Å². The Labute approximate surface area is 63.1 Å². The van der Waals surface area contributed by atoms with Gasteiger partial charge in [-0.3, -0.25) is 4.79 Å². The maximum Gasteiger partial charge on any atom is 0.155 e. The molecule has 0 radical (unpaired) electrons. The Kier molecular flexibility index (Phi) is 2.82. The monoisotopic (exact) mass is 140 g/mol. The Hall–Kier alpha value is -0.590. The molecule has 0 aromatic rings. The normalized spacial score (nSPS) is 13.5. The Morgan fingerprint density at radius 2 is 1.60 bits per heavy atom. The number of hydrogen-bond acceptors (Lipinski definition) is 1. The fourth-order valence-electron chi connectivity index (χ4n) is 0.751. The summed E-state index contributed by atoms with van der Waals surface area (Å²) < 4.78 is 0. The van der Waals surface area contributed by atoms with Gasteiger partial charge in [-0.15, -0.1) is 0 Å². The minimum atomic E-state index is 0.121. The van der Waals surface area contributed by atoms with Gasteiger partial charge in [0.15, 0.2) is 5.78 Å². The number of rotatable bonds is 1. The number of Topliss-reactive ketones (excluding diaryl/α,β-unsaturated/α-hetero) is 1. The van der Waals surface area contributed by atoms with Crippen LogP contribution in [0.5, 0.6) is 0 Å². The van der Waals surface area contributed by atoms with E-state index < -0.39 is 0 Å². The van der Waals surface area contributed by atoms with Gasteiger partial charge in [0.2, 0.25) is 0 Å². The molecule has 1 heteroatoms. The topological polar surface area (TPSA) is 17.1 Å². The smallest absolute Gasteiger partial charge is 0.155 e. The molecule has 0 saturated carbocycles. The largest absolute Gasteiger partial charge is 0.295 e. The van der Waals surface area contributed by atoms with Crippen LogP contribution >= 0.6 is 0 Å². The van der Waals surface area contributed by atoms with Crippen LogP contribution < -0.4 is 0 Å². The minimum Gasteiger partial charge on any atom is -0.295 e. The summed E-state index contributed by atoms with van der Waals surface area (Å²) in [5, 5.41) is 0. The second-order valence-electron chi connectivity index (χ2n) is 3.75. The zero-order valence-electron chi connectivity index (χ0n) is 7.49. The molecule has 0 aliphatic rings. The lowest BCUT2D eigenvalue weighted by Gasteiger charge is -2.12. The van der Waals surface area contributed by atoms with Crippen molar-refractivity contribution in [1.82, 2.24) is 0 Å². The van der Waals surface area contributed by atoms with Gasteiger partial charge in [0.05, 0.1) is 0 Å². The Bertz CT molecular complexity index is 158. The van der Waals surface area contributed by atoms with Gasteiger partial charge in [-0.1, -0.05) is 26.8 Å². The summed E-state index contributed by atoms with van der Waals surface area (Å²) in [7, 11) is 0. The molecule has 0 bridgehead atoms. The van der Waals surface area contributed by atoms with E-state index in [0.717, 1.165) is 5.57 Å². The molecule has 0 N–H and O–H groups in total. The Morgan fingerprint density at radius 1 is 1.20 bits per heavy atom. The lowest BCUT2D eigenvalue weighted by atomic mass is 9.93. The van der Waals surface area contributed by atoms with E-state index >= 15 is 0 Å². The SMILES string of the molecule is CC(=O)/C(C)=C/C(C)(C)C. The van der Waals surface area contributed by atoms with Crippen LogP contribution in [0.2, 0.25) is 0 Å². The molecule has 0 aliphatic carbocycles. The first-order chi connectivity index (χ1) is 4.33. The van der Waals surface area contributed by atoms with Crippen LogP contribution in [0.4, 0.5) is 0 Å². The van der Waals surface area contributed by atoms with E-state index in [0.29, 0.717) is 0 Å². The van der Waals surface area contributed by atoms with Gasteiger partial charge < -0.3 is 0 Å². The fraction of sp³-hybridized carbons (Fsp3) is 0.667. The van der Waals surface area contributed by atoms with Crippen molar-refractivity contribution < 1.29 is 4.79 Å². The predicted molar refractivity (Wildman–Crippen MR) is 43.9 cm³/mol. The van der Waals surface area contributed by atoms with Crippen LogP contribution in [-0.4, -0.2) is 5.78 Å². The van der Waals surface area contributed by atoms with Crippen molar-refractivity contribution in [1.29, 1.82) is 0 Å². The van der Waals surface area contributed by atoms with Crippen LogP contribution in [0, 0.1) is 5.41 Å². The van der Waals surface area contributed by atoms with Crippen LogP contribution in [0.15, 0.2) is 11.6 Å². The molecule has 0 heterocycles. The summed E-state index contributed by atoms with van der Waals surface area (Å²) in [6.45, 7) is 9.70. The zero-order valence-corrected chi connectivity index (χ0v) is 7.49. The van der Waals surface area contributed by atoms with Crippen molar-refractivity contribution in [2.24, 2.45) is 5.41 Å². The van der Waals surface area contributed by atoms with Gasteiger partial charge in [-0.2, -0.15) is 0 Å². The van der Waals surface area contributed by atoms with Gasteiger partial charge in [0.25, 0.3) is 0 Å². The molecular formula is C9H16O. The van der Waals surface area contributed by atoms with Crippen molar-refractivity contribution in [3.63, 3.8) is 0 Å². The van der Waals surface area contributed by atoms with Crippen LogP contribution in [0.1, 0.15) is 34.6 Å². The average Bonchev–Trinajstić information content (AvgIpc) is 1.60. The van der Waals surface area contributed by atoms with Crippen LogP contribution in [-0.2, 0) is 4.79 Å². The van der Waals surface area contributed by atoms with Crippen molar-refractivity contribution in [3.05, 3.63) is 11.6 Å². The zero-order chi connectivity index (χ0) is 8.36. The molecule has 0 rings (SSSR count). The fourth-order valence-corrected chi connectivity index (χ4v) is 0.751. The first-order valence-corrected chi connectivity index (χ1v) is 3.53. The van der Waals surface area contributed by atoms with E-state index in [1.54, 1.807) is 6.92 Å². The van der Waals surface area contributed by atoms with E-state index in [1.807, 2.05) is 13.0 Å². The number of carbonyl (C=O) groups excluding carboxylic acids is 1. The molecule has 1 nitrogen and oxygen atoms in total. The van der Waals surface area contributed by atoms with Crippen molar-refractivity contribution in [2.75, 3.05) is 0 Å². The minimum absolute atomic E-state index is 0.121. The summed E-state index contributed by atoms with van der Waals surface area (Å²) >= 11 is 0. The molecule has 10 heavy (non-hydrogen) atoms. The number of allylic oxidation sites excluding steroid dienone is 2. The summed E-state index contributed by atoms with van der Waals surface area (Å²) in [5.41, 5.74) is 0.975. The lowest BCUT2D eigenvalue weighted by Crippen LogP contribution is -2.03. The van der Waals surface area contributed by atoms with E-state index in [9.17, 15) is 4.79 Å². The third-order valence-electron chi connectivity index (χ3n) is 1.20. The summed E-state index contributed by atoms with van der Waals surface area (Å²) in [6, 6.07) is 0. The first-order valence-electron chi connectivity index (χ1n) is 3.53. The molecule has 0 aromatic carbocycles. The third kappa shape index (κ3) is 4.30. The lowest BCUT2D eigenvalue weighted by molar-refractivity contribution is -0.113. The van der Waals surface area contributed by atoms with Crippen molar-refractivity contribution >= 4 is 5.78 Å². The van der Waals surface area contributed by atoms with Crippen molar-refractivity contribution in [3.8, 4) is 0 Å². The highest BCUT2D eigenvalue weighted by molar-refractivity contribution is 5.92. The molecule has 0 spiro atoms. The van der Waals surface area contributed by atoms with Gasteiger partial charge in [-0.05, 0) is 24.8 Å². The first kappa shape index (κ1) is 9.41. The highest BCUT2D eigenvalue weighted by Gasteiger charge is 2.07.